The van der Waals surface area contributed by atoms with E-state index in [1.807, 2.05) is 24.3 Å². The first-order valence-corrected chi connectivity index (χ1v) is 8.98. The molecule has 5 nitrogen and oxygen atoms in total. The molecule has 1 amide bonds. The second kappa shape index (κ2) is 8.63. The molecule has 5 heteroatoms. The Morgan fingerprint density at radius 2 is 1.58 bits per heavy atom. The molecule has 0 saturated carbocycles. The van der Waals surface area contributed by atoms with Crippen molar-refractivity contribution in [3.8, 4) is 0 Å². The standard InChI is InChI=1S/C21H24N2O3/c24-20(22-19(21(25)26)17-9-5-2-6-10-17)18-11-13-23(14-12-18)15-16-7-3-1-4-8-16/h1-10,18-19H,11-15H2,(H,22,24)(H,25,26)/t19-/m0/s1. The van der Waals surface area contributed by atoms with E-state index in [9.17, 15) is 14.7 Å². The van der Waals surface area contributed by atoms with Gasteiger partial charge in [0.05, 0.1) is 0 Å². The van der Waals surface area contributed by atoms with Crippen LogP contribution in [-0.2, 0) is 16.1 Å². The van der Waals surface area contributed by atoms with Gasteiger partial charge in [0.25, 0.3) is 0 Å². The summed E-state index contributed by atoms with van der Waals surface area (Å²) < 4.78 is 0. The molecule has 2 N–H and O–H groups in total. The lowest BCUT2D eigenvalue weighted by atomic mass is 9.94. The molecule has 1 fully saturated rings. The minimum Gasteiger partial charge on any atom is -0.479 e. The Bertz CT molecular complexity index is 725. The van der Waals surface area contributed by atoms with E-state index in [0.717, 1.165) is 32.5 Å². The number of carbonyl (C=O) groups excluding carboxylic acids is 1. The molecule has 0 bridgehead atoms. The minimum absolute atomic E-state index is 0.132. The molecule has 0 radical (unpaired) electrons. The molecule has 0 unspecified atom stereocenters. The van der Waals surface area contributed by atoms with E-state index in [-0.39, 0.29) is 11.8 Å². The molecule has 2 aromatic carbocycles. The number of carboxylic acid groups (broad SMARTS) is 1. The van der Waals surface area contributed by atoms with Gasteiger partial charge >= 0.3 is 5.97 Å². The number of hydrogen-bond donors (Lipinski definition) is 2. The molecule has 2 aromatic rings. The number of likely N-dealkylation sites (tertiary alicyclic amines) is 1. The average Bonchev–Trinajstić information content (AvgIpc) is 2.68. The largest absolute Gasteiger partial charge is 0.479 e. The van der Waals surface area contributed by atoms with Crippen molar-refractivity contribution in [1.82, 2.24) is 10.2 Å². The molecule has 1 heterocycles. The molecule has 1 atom stereocenters. The van der Waals surface area contributed by atoms with Crippen molar-refractivity contribution in [2.75, 3.05) is 13.1 Å². The lowest BCUT2D eigenvalue weighted by Gasteiger charge is -2.31. The monoisotopic (exact) mass is 352 g/mol. The smallest absolute Gasteiger partial charge is 0.330 e. The molecule has 26 heavy (non-hydrogen) atoms. The molecular formula is C21H24N2O3. The predicted molar refractivity (Wildman–Crippen MR) is 99.4 cm³/mol. The van der Waals surface area contributed by atoms with E-state index >= 15 is 0 Å². The molecule has 1 saturated heterocycles. The van der Waals surface area contributed by atoms with Crippen LogP contribution in [-0.4, -0.2) is 35.0 Å². The Hall–Kier alpha value is -2.66. The Kier molecular flexibility index (Phi) is 6.02. The third-order valence-electron chi connectivity index (χ3n) is 4.87. The van der Waals surface area contributed by atoms with Crippen LogP contribution in [0.2, 0.25) is 0 Å². The van der Waals surface area contributed by atoms with Crippen molar-refractivity contribution in [3.63, 3.8) is 0 Å². The first kappa shape index (κ1) is 18.1. The number of carboxylic acids is 1. The highest BCUT2D eigenvalue weighted by atomic mass is 16.4. The number of aliphatic carboxylic acids is 1. The Morgan fingerprint density at radius 1 is 1.00 bits per heavy atom. The Labute approximate surface area is 153 Å². The van der Waals surface area contributed by atoms with Gasteiger partial charge in [0.2, 0.25) is 5.91 Å². The highest BCUT2D eigenvalue weighted by molar-refractivity contribution is 5.85. The predicted octanol–water partition coefficient (Wildman–Crippen LogP) is 2.84. The van der Waals surface area contributed by atoms with E-state index < -0.39 is 12.0 Å². The summed E-state index contributed by atoms with van der Waals surface area (Å²) in [6.45, 7) is 2.57. The summed E-state index contributed by atoms with van der Waals surface area (Å²) in [7, 11) is 0. The fourth-order valence-electron chi connectivity index (χ4n) is 3.39. The van der Waals surface area contributed by atoms with Gasteiger partial charge in [-0.1, -0.05) is 60.7 Å². The van der Waals surface area contributed by atoms with Crippen molar-refractivity contribution in [1.29, 1.82) is 0 Å². The highest BCUT2D eigenvalue weighted by Gasteiger charge is 2.29. The molecular weight excluding hydrogens is 328 g/mol. The maximum absolute atomic E-state index is 12.6. The van der Waals surface area contributed by atoms with Crippen LogP contribution in [0.5, 0.6) is 0 Å². The number of benzene rings is 2. The summed E-state index contributed by atoms with van der Waals surface area (Å²) >= 11 is 0. The summed E-state index contributed by atoms with van der Waals surface area (Å²) in [6.07, 6.45) is 1.50. The van der Waals surface area contributed by atoms with E-state index in [2.05, 4.69) is 22.3 Å². The van der Waals surface area contributed by atoms with Gasteiger partial charge in [0.1, 0.15) is 0 Å². The number of hydrogen-bond acceptors (Lipinski definition) is 3. The summed E-state index contributed by atoms with van der Waals surface area (Å²) in [5, 5.41) is 12.2. The van der Waals surface area contributed by atoms with Crippen molar-refractivity contribution in [3.05, 3.63) is 71.8 Å². The second-order valence-corrected chi connectivity index (χ2v) is 6.73. The zero-order chi connectivity index (χ0) is 18.4. The third-order valence-corrected chi connectivity index (χ3v) is 4.87. The first-order valence-electron chi connectivity index (χ1n) is 8.98. The van der Waals surface area contributed by atoms with Crippen LogP contribution in [0.15, 0.2) is 60.7 Å². The lowest BCUT2D eigenvalue weighted by Crippen LogP contribution is -2.42. The zero-order valence-electron chi connectivity index (χ0n) is 14.7. The fraction of sp³-hybridized carbons (Fsp3) is 0.333. The van der Waals surface area contributed by atoms with Gasteiger partial charge in [-0.25, -0.2) is 4.79 Å². The maximum atomic E-state index is 12.6. The average molecular weight is 352 g/mol. The topological polar surface area (TPSA) is 69.6 Å². The van der Waals surface area contributed by atoms with Crippen LogP contribution < -0.4 is 5.32 Å². The van der Waals surface area contributed by atoms with Crippen LogP contribution in [0, 0.1) is 5.92 Å². The molecule has 0 aliphatic carbocycles. The van der Waals surface area contributed by atoms with Crippen LogP contribution in [0.1, 0.15) is 30.0 Å². The van der Waals surface area contributed by atoms with Gasteiger partial charge in [-0.2, -0.15) is 0 Å². The normalized spacial score (nSPS) is 16.8. The van der Waals surface area contributed by atoms with Crippen LogP contribution in [0.4, 0.5) is 0 Å². The van der Waals surface area contributed by atoms with Crippen LogP contribution in [0.25, 0.3) is 0 Å². The molecule has 0 spiro atoms. The van der Waals surface area contributed by atoms with Crippen molar-refractivity contribution in [2.24, 2.45) is 5.92 Å². The van der Waals surface area contributed by atoms with E-state index in [1.54, 1.807) is 24.3 Å². The number of rotatable bonds is 6. The summed E-state index contributed by atoms with van der Waals surface area (Å²) in [4.78, 5) is 26.4. The van der Waals surface area contributed by atoms with Gasteiger partial charge in [-0.15, -0.1) is 0 Å². The van der Waals surface area contributed by atoms with E-state index in [4.69, 9.17) is 0 Å². The van der Waals surface area contributed by atoms with Gasteiger partial charge in [0, 0.05) is 12.5 Å². The number of carbonyl (C=O) groups is 2. The lowest BCUT2D eigenvalue weighted by molar-refractivity contribution is -0.143. The summed E-state index contributed by atoms with van der Waals surface area (Å²) in [5.41, 5.74) is 1.86. The molecule has 1 aliphatic heterocycles. The van der Waals surface area contributed by atoms with Gasteiger partial charge in [0.15, 0.2) is 6.04 Å². The summed E-state index contributed by atoms with van der Waals surface area (Å²) in [6, 6.07) is 18.1. The molecule has 136 valence electrons. The third kappa shape index (κ3) is 4.70. The minimum atomic E-state index is -1.04. The van der Waals surface area contributed by atoms with Crippen molar-refractivity contribution >= 4 is 11.9 Å². The SMILES string of the molecule is O=C(N[C@H](C(=O)O)c1ccccc1)C1CCN(Cc2ccccc2)CC1. The van der Waals surface area contributed by atoms with Crippen molar-refractivity contribution in [2.45, 2.75) is 25.4 Å². The first-order chi connectivity index (χ1) is 12.6. The molecule has 3 rings (SSSR count). The molecule has 1 aliphatic rings. The maximum Gasteiger partial charge on any atom is 0.330 e. The van der Waals surface area contributed by atoms with Gasteiger partial charge in [-0.05, 0) is 37.1 Å². The van der Waals surface area contributed by atoms with E-state index in [1.165, 1.54) is 5.56 Å². The van der Waals surface area contributed by atoms with Crippen molar-refractivity contribution < 1.29 is 14.7 Å². The highest BCUT2D eigenvalue weighted by Crippen LogP contribution is 2.21. The number of amides is 1. The van der Waals surface area contributed by atoms with Crippen LogP contribution >= 0.6 is 0 Å². The fourth-order valence-corrected chi connectivity index (χ4v) is 3.39. The van der Waals surface area contributed by atoms with E-state index in [0.29, 0.717) is 5.56 Å². The zero-order valence-corrected chi connectivity index (χ0v) is 14.7. The summed E-state index contributed by atoms with van der Waals surface area (Å²) in [5.74, 6) is -1.33. The number of nitrogens with one attached hydrogen (secondary N) is 1. The van der Waals surface area contributed by atoms with Crippen LogP contribution in [0.3, 0.4) is 0 Å². The second-order valence-electron chi connectivity index (χ2n) is 6.73. The Morgan fingerprint density at radius 3 is 2.15 bits per heavy atom. The molecule has 0 aromatic heterocycles. The van der Waals surface area contributed by atoms with Gasteiger partial charge in [-0.3, -0.25) is 9.69 Å². The van der Waals surface area contributed by atoms with Gasteiger partial charge < -0.3 is 10.4 Å². The quantitative estimate of drug-likeness (QED) is 0.839. The number of piperidine rings is 1. The number of nitrogens with zero attached hydrogens (tertiary/aromatic N) is 1. The Balaban J connectivity index is 1.53.